The van der Waals surface area contributed by atoms with Gasteiger partial charge in [-0.15, -0.1) is 0 Å². The Hall–Kier alpha value is -2.08. The van der Waals surface area contributed by atoms with Gasteiger partial charge in [-0.3, -0.25) is 9.79 Å². The summed E-state index contributed by atoms with van der Waals surface area (Å²) in [6.07, 6.45) is 0.837. The molecule has 0 heterocycles. The molecule has 1 aromatic carbocycles. The highest BCUT2D eigenvalue weighted by molar-refractivity contribution is 5.94. The van der Waals surface area contributed by atoms with Crippen LogP contribution in [-0.4, -0.2) is 63.6 Å². The Morgan fingerprint density at radius 1 is 1.25 bits per heavy atom. The molecule has 0 saturated carbocycles. The number of carbonyl (C=O) groups excluding carboxylic acids is 1. The van der Waals surface area contributed by atoms with Crippen LogP contribution in [0.25, 0.3) is 0 Å². The highest BCUT2D eigenvalue weighted by Gasteiger charge is 2.04. The smallest absolute Gasteiger partial charge is 0.251 e. The van der Waals surface area contributed by atoms with Crippen LogP contribution >= 0.6 is 0 Å². The summed E-state index contributed by atoms with van der Waals surface area (Å²) in [5.74, 6) is 0.782. The van der Waals surface area contributed by atoms with E-state index in [1.165, 1.54) is 0 Å². The van der Waals surface area contributed by atoms with Crippen LogP contribution in [0.5, 0.6) is 0 Å². The van der Waals surface area contributed by atoms with Crippen LogP contribution in [0.4, 0.5) is 0 Å². The minimum atomic E-state index is -0.0558. The molecule has 134 valence electrons. The van der Waals surface area contributed by atoms with Crippen molar-refractivity contribution in [2.75, 3.05) is 46.8 Å². The number of carbonyl (C=O) groups is 1. The first kappa shape index (κ1) is 20.0. The van der Waals surface area contributed by atoms with Gasteiger partial charge in [0.2, 0.25) is 0 Å². The van der Waals surface area contributed by atoms with E-state index in [4.69, 9.17) is 0 Å². The summed E-state index contributed by atoms with van der Waals surface area (Å²) in [6, 6.07) is 7.71. The minimum Gasteiger partial charge on any atom is -0.357 e. The van der Waals surface area contributed by atoms with Gasteiger partial charge in [-0.25, -0.2) is 0 Å². The predicted octanol–water partition coefficient (Wildman–Crippen LogP) is 1.10. The van der Waals surface area contributed by atoms with Gasteiger partial charge in [0, 0.05) is 32.2 Å². The molecule has 0 saturated heterocycles. The third-order valence-electron chi connectivity index (χ3n) is 3.76. The molecule has 0 aliphatic carbocycles. The SMILES string of the molecule is CCNC(=NCCN(C)CC)NCCc1cccc(C(=O)NC)c1. The summed E-state index contributed by atoms with van der Waals surface area (Å²) in [7, 11) is 3.74. The van der Waals surface area contributed by atoms with Gasteiger partial charge in [0.15, 0.2) is 5.96 Å². The Balaban J connectivity index is 2.50. The van der Waals surface area contributed by atoms with E-state index in [9.17, 15) is 4.79 Å². The first-order valence-electron chi connectivity index (χ1n) is 8.62. The van der Waals surface area contributed by atoms with Crippen molar-refractivity contribution >= 4 is 11.9 Å². The molecule has 0 aliphatic rings. The van der Waals surface area contributed by atoms with Gasteiger partial charge in [0.25, 0.3) is 5.91 Å². The number of hydrogen-bond donors (Lipinski definition) is 3. The second-order valence-corrected chi connectivity index (χ2v) is 5.61. The second-order valence-electron chi connectivity index (χ2n) is 5.61. The van der Waals surface area contributed by atoms with Crippen molar-refractivity contribution in [3.63, 3.8) is 0 Å². The van der Waals surface area contributed by atoms with Gasteiger partial charge < -0.3 is 20.9 Å². The van der Waals surface area contributed by atoms with E-state index in [2.05, 4.69) is 46.7 Å². The van der Waals surface area contributed by atoms with Crippen LogP contribution in [-0.2, 0) is 6.42 Å². The van der Waals surface area contributed by atoms with Crippen LogP contribution in [0, 0.1) is 0 Å². The average Bonchev–Trinajstić information content (AvgIpc) is 2.61. The summed E-state index contributed by atoms with van der Waals surface area (Å²) in [5.41, 5.74) is 1.82. The molecule has 0 atom stereocenters. The lowest BCUT2D eigenvalue weighted by atomic mass is 10.1. The Labute approximate surface area is 145 Å². The van der Waals surface area contributed by atoms with Gasteiger partial charge in [0.1, 0.15) is 0 Å². The monoisotopic (exact) mass is 333 g/mol. The lowest BCUT2D eigenvalue weighted by Crippen LogP contribution is -2.39. The minimum absolute atomic E-state index is 0.0558. The van der Waals surface area contributed by atoms with E-state index < -0.39 is 0 Å². The molecule has 0 bridgehead atoms. The Morgan fingerprint density at radius 2 is 2.04 bits per heavy atom. The van der Waals surface area contributed by atoms with Crippen molar-refractivity contribution < 1.29 is 4.79 Å². The van der Waals surface area contributed by atoms with Crippen LogP contribution < -0.4 is 16.0 Å². The number of aliphatic imine (C=N–C) groups is 1. The van der Waals surface area contributed by atoms with Gasteiger partial charge in [-0.1, -0.05) is 19.1 Å². The number of rotatable bonds is 9. The number of likely N-dealkylation sites (N-methyl/N-ethyl adjacent to an activating group) is 1. The molecule has 24 heavy (non-hydrogen) atoms. The first-order valence-corrected chi connectivity index (χ1v) is 8.62. The Kier molecular flexibility index (Phi) is 9.53. The number of amides is 1. The van der Waals surface area contributed by atoms with Gasteiger partial charge in [0.05, 0.1) is 6.54 Å². The molecule has 0 unspecified atom stereocenters. The van der Waals surface area contributed by atoms with E-state index >= 15 is 0 Å². The first-order chi connectivity index (χ1) is 11.6. The molecule has 1 aromatic rings. The maximum Gasteiger partial charge on any atom is 0.251 e. The molecule has 6 heteroatoms. The lowest BCUT2D eigenvalue weighted by Gasteiger charge is -2.14. The lowest BCUT2D eigenvalue weighted by molar-refractivity contribution is 0.0963. The topological polar surface area (TPSA) is 68.8 Å². The van der Waals surface area contributed by atoms with E-state index in [1.807, 2.05) is 24.3 Å². The predicted molar refractivity (Wildman–Crippen MR) is 101 cm³/mol. The summed E-state index contributed by atoms with van der Waals surface area (Å²) in [5, 5.41) is 9.25. The summed E-state index contributed by atoms with van der Waals surface area (Å²) >= 11 is 0. The summed E-state index contributed by atoms with van der Waals surface area (Å²) < 4.78 is 0. The maximum atomic E-state index is 11.7. The number of guanidine groups is 1. The Morgan fingerprint density at radius 3 is 2.71 bits per heavy atom. The van der Waals surface area contributed by atoms with E-state index in [1.54, 1.807) is 7.05 Å². The Bertz CT molecular complexity index is 530. The molecule has 0 fully saturated rings. The molecular weight excluding hydrogens is 302 g/mol. The van der Waals surface area contributed by atoms with Crippen molar-refractivity contribution in [2.45, 2.75) is 20.3 Å². The molecule has 0 spiro atoms. The fourth-order valence-electron chi connectivity index (χ4n) is 2.17. The van der Waals surface area contributed by atoms with Gasteiger partial charge in [-0.2, -0.15) is 0 Å². The maximum absolute atomic E-state index is 11.7. The molecule has 6 nitrogen and oxygen atoms in total. The van der Waals surface area contributed by atoms with Crippen LogP contribution in [0.15, 0.2) is 29.3 Å². The largest absolute Gasteiger partial charge is 0.357 e. The summed E-state index contributed by atoms with van der Waals surface area (Å²) in [4.78, 5) is 18.5. The molecule has 0 radical (unpaired) electrons. The van der Waals surface area contributed by atoms with Crippen LogP contribution in [0.1, 0.15) is 29.8 Å². The zero-order valence-electron chi connectivity index (χ0n) is 15.4. The van der Waals surface area contributed by atoms with Gasteiger partial charge >= 0.3 is 0 Å². The third kappa shape index (κ3) is 7.46. The van der Waals surface area contributed by atoms with E-state index in [0.29, 0.717) is 5.56 Å². The number of benzene rings is 1. The quantitative estimate of drug-likeness (QED) is 0.467. The third-order valence-corrected chi connectivity index (χ3v) is 3.76. The number of hydrogen-bond acceptors (Lipinski definition) is 3. The molecule has 1 rings (SSSR count). The van der Waals surface area contributed by atoms with Crippen LogP contribution in [0.2, 0.25) is 0 Å². The molecule has 3 N–H and O–H groups in total. The normalized spacial score (nSPS) is 11.5. The number of nitrogens with zero attached hydrogens (tertiary/aromatic N) is 2. The average molecular weight is 333 g/mol. The van der Waals surface area contributed by atoms with Crippen LogP contribution in [0.3, 0.4) is 0 Å². The van der Waals surface area contributed by atoms with E-state index in [0.717, 1.165) is 50.7 Å². The fourth-order valence-corrected chi connectivity index (χ4v) is 2.17. The zero-order valence-corrected chi connectivity index (χ0v) is 15.4. The molecular formula is C18H31N5O. The fraction of sp³-hybridized carbons (Fsp3) is 0.556. The zero-order chi connectivity index (χ0) is 17.8. The summed E-state index contributed by atoms with van der Waals surface area (Å²) in [6.45, 7) is 8.55. The van der Waals surface area contributed by atoms with Crippen molar-refractivity contribution in [1.29, 1.82) is 0 Å². The van der Waals surface area contributed by atoms with Crippen molar-refractivity contribution in [3.8, 4) is 0 Å². The molecule has 1 amide bonds. The standard InChI is InChI=1S/C18H31N5O/c1-5-20-18(22-12-13-23(4)6-2)21-11-10-15-8-7-9-16(14-15)17(24)19-3/h7-9,14H,5-6,10-13H2,1-4H3,(H,19,24)(H2,20,21,22). The van der Waals surface area contributed by atoms with E-state index in [-0.39, 0.29) is 5.91 Å². The second kappa shape index (κ2) is 11.5. The highest BCUT2D eigenvalue weighted by atomic mass is 16.1. The van der Waals surface area contributed by atoms with Crippen molar-refractivity contribution in [3.05, 3.63) is 35.4 Å². The molecule has 0 aliphatic heterocycles. The van der Waals surface area contributed by atoms with Crippen molar-refractivity contribution in [1.82, 2.24) is 20.9 Å². The van der Waals surface area contributed by atoms with Gasteiger partial charge in [-0.05, 0) is 44.6 Å². The van der Waals surface area contributed by atoms with Crippen molar-refractivity contribution in [2.24, 2.45) is 4.99 Å². The number of nitrogens with one attached hydrogen (secondary N) is 3. The highest BCUT2D eigenvalue weighted by Crippen LogP contribution is 2.05. The molecule has 0 aromatic heterocycles.